The van der Waals surface area contributed by atoms with E-state index in [-0.39, 0.29) is 5.41 Å². The van der Waals surface area contributed by atoms with Gasteiger partial charge in [0.2, 0.25) is 0 Å². The average Bonchev–Trinajstić information content (AvgIpc) is 2.91. The molecule has 2 fully saturated rings. The number of hydrogen-bond donors (Lipinski definition) is 1. The van der Waals surface area contributed by atoms with Crippen molar-refractivity contribution in [2.75, 3.05) is 44.3 Å². The van der Waals surface area contributed by atoms with Gasteiger partial charge in [0.15, 0.2) is 6.10 Å². The lowest BCUT2D eigenvalue weighted by Gasteiger charge is -2.41. The minimum Gasteiger partial charge on any atom is -0.479 e. The van der Waals surface area contributed by atoms with Crippen molar-refractivity contribution in [2.24, 2.45) is 11.3 Å². The molecule has 2 unspecified atom stereocenters. The lowest BCUT2D eigenvalue weighted by Crippen LogP contribution is -2.39. The molecule has 7 heteroatoms. The van der Waals surface area contributed by atoms with E-state index in [2.05, 4.69) is 48.8 Å². The largest absolute Gasteiger partial charge is 0.479 e. The van der Waals surface area contributed by atoms with Crippen LogP contribution < -0.4 is 4.90 Å². The molecule has 2 atom stereocenters. The predicted molar refractivity (Wildman–Crippen MR) is 168 cm³/mol. The molecular formula is C35H51N3O4. The van der Waals surface area contributed by atoms with Gasteiger partial charge in [-0.25, -0.2) is 4.79 Å². The summed E-state index contributed by atoms with van der Waals surface area (Å²) in [5, 5.41) is 10.5. The van der Waals surface area contributed by atoms with Crippen molar-refractivity contribution in [3.8, 4) is 11.1 Å². The van der Waals surface area contributed by atoms with E-state index < -0.39 is 17.7 Å². The average molecular weight is 578 g/mol. The zero-order valence-corrected chi connectivity index (χ0v) is 26.9. The second kappa shape index (κ2) is 12.3. The Balaban J connectivity index is 1.55. The Morgan fingerprint density at radius 2 is 1.88 bits per heavy atom. The maximum atomic E-state index is 12.8. The number of fused-ring (bicyclic) bond motifs is 1. The van der Waals surface area contributed by atoms with Crippen LogP contribution in [0.1, 0.15) is 94.5 Å². The van der Waals surface area contributed by atoms with E-state index in [1.807, 2.05) is 27.7 Å². The number of carbonyl (C=O) groups is 1. The Kier molecular flexibility index (Phi) is 9.03. The van der Waals surface area contributed by atoms with Crippen molar-refractivity contribution in [2.45, 2.75) is 98.8 Å². The number of hydrogen-bond acceptors (Lipinski definition) is 6. The first-order chi connectivity index (χ1) is 19.8. The van der Waals surface area contributed by atoms with Crippen molar-refractivity contribution < 1.29 is 19.4 Å². The third kappa shape index (κ3) is 7.00. The summed E-state index contributed by atoms with van der Waals surface area (Å²) < 4.78 is 12.0. The minimum atomic E-state index is -1.10. The smallest absolute Gasteiger partial charge is 0.337 e. The van der Waals surface area contributed by atoms with Crippen LogP contribution >= 0.6 is 0 Å². The van der Waals surface area contributed by atoms with Crippen LogP contribution in [0.2, 0.25) is 0 Å². The standard InChI is InChI=1S/C35H51N3O4/c1-23-29(27-10-11-28-21-37(15-12-26(28)19-27)20-25-9-8-18-41-22-25)31(38-16-13-35(6,7)14-17-38)30(24(2)36-23)32(33(39)40)42-34(3,4)5/h10-11,19,25,32H,8-9,12-18,20-22H2,1-7H3,(H,39,40). The second-order valence-corrected chi connectivity index (χ2v) is 14.6. The molecule has 1 aromatic heterocycles. The van der Waals surface area contributed by atoms with Gasteiger partial charge in [-0.3, -0.25) is 9.88 Å². The summed E-state index contributed by atoms with van der Waals surface area (Å²) in [5.41, 5.74) is 7.93. The first kappa shape index (κ1) is 31.0. The molecule has 0 radical (unpaired) electrons. The molecule has 5 rings (SSSR count). The Bertz CT molecular complexity index is 1280. The molecule has 0 amide bonds. The molecule has 0 aliphatic carbocycles. The van der Waals surface area contributed by atoms with Crippen LogP contribution in [0.15, 0.2) is 18.2 Å². The molecule has 42 heavy (non-hydrogen) atoms. The van der Waals surface area contributed by atoms with Gasteiger partial charge >= 0.3 is 5.97 Å². The molecule has 4 heterocycles. The molecule has 1 N–H and O–H groups in total. The van der Waals surface area contributed by atoms with Crippen molar-refractivity contribution in [3.63, 3.8) is 0 Å². The van der Waals surface area contributed by atoms with Gasteiger partial charge in [-0.1, -0.05) is 32.0 Å². The lowest BCUT2D eigenvalue weighted by atomic mass is 9.81. The van der Waals surface area contributed by atoms with E-state index in [4.69, 9.17) is 14.5 Å². The van der Waals surface area contributed by atoms with Gasteiger partial charge in [0.1, 0.15) is 0 Å². The second-order valence-electron chi connectivity index (χ2n) is 14.6. The van der Waals surface area contributed by atoms with Crippen molar-refractivity contribution in [1.29, 1.82) is 0 Å². The zero-order valence-electron chi connectivity index (χ0n) is 26.9. The highest BCUT2D eigenvalue weighted by Crippen LogP contribution is 2.45. The molecule has 2 saturated heterocycles. The fourth-order valence-electron chi connectivity index (χ4n) is 6.99. The maximum Gasteiger partial charge on any atom is 0.337 e. The Labute approximate surface area is 252 Å². The number of aromatic nitrogens is 1. The highest BCUT2D eigenvalue weighted by Gasteiger charge is 2.36. The molecular weight excluding hydrogens is 526 g/mol. The van der Waals surface area contributed by atoms with Crippen LogP contribution in [-0.4, -0.2) is 66.0 Å². The van der Waals surface area contributed by atoms with E-state index >= 15 is 0 Å². The number of aryl methyl sites for hydroxylation is 2. The van der Waals surface area contributed by atoms with Crippen molar-refractivity contribution in [1.82, 2.24) is 9.88 Å². The molecule has 1 aromatic carbocycles. The van der Waals surface area contributed by atoms with Gasteiger partial charge in [-0.05, 0) is 94.7 Å². The number of pyridine rings is 1. The molecule has 3 aliphatic rings. The number of carboxylic acid groups (broad SMARTS) is 1. The molecule has 7 nitrogen and oxygen atoms in total. The first-order valence-electron chi connectivity index (χ1n) is 15.9. The number of rotatable bonds is 7. The summed E-state index contributed by atoms with van der Waals surface area (Å²) in [7, 11) is 0. The quantitative estimate of drug-likeness (QED) is 0.392. The number of ether oxygens (including phenoxy) is 2. The summed E-state index contributed by atoms with van der Waals surface area (Å²) in [5.74, 6) is -0.342. The van der Waals surface area contributed by atoms with Crippen LogP contribution in [0.5, 0.6) is 0 Å². The third-order valence-electron chi connectivity index (χ3n) is 9.33. The molecule has 0 saturated carbocycles. The van der Waals surface area contributed by atoms with Gasteiger partial charge < -0.3 is 19.5 Å². The van der Waals surface area contributed by atoms with Crippen LogP contribution in [0.25, 0.3) is 11.1 Å². The van der Waals surface area contributed by atoms with E-state index in [9.17, 15) is 9.90 Å². The van der Waals surface area contributed by atoms with Crippen LogP contribution in [0, 0.1) is 25.2 Å². The van der Waals surface area contributed by atoms with Crippen LogP contribution in [0.3, 0.4) is 0 Å². The fourth-order valence-corrected chi connectivity index (χ4v) is 6.99. The zero-order chi connectivity index (χ0) is 30.2. The van der Waals surface area contributed by atoms with Gasteiger partial charge in [0.25, 0.3) is 0 Å². The normalized spacial score (nSPS) is 22.1. The number of piperidine rings is 1. The molecule has 2 aromatic rings. The Morgan fingerprint density at radius 3 is 2.52 bits per heavy atom. The Hall–Kier alpha value is -2.48. The number of aliphatic carboxylic acids is 1. The molecule has 0 spiro atoms. The monoisotopic (exact) mass is 577 g/mol. The van der Waals surface area contributed by atoms with Crippen molar-refractivity contribution >= 4 is 11.7 Å². The van der Waals surface area contributed by atoms with Crippen molar-refractivity contribution in [3.05, 3.63) is 46.3 Å². The number of anilines is 1. The van der Waals surface area contributed by atoms with E-state index in [1.54, 1.807) is 0 Å². The summed E-state index contributed by atoms with van der Waals surface area (Å²) in [4.78, 5) is 22.7. The van der Waals surface area contributed by atoms with E-state index in [1.165, 1.54) is 24.0 Å². The summed E-state index contributed by atoms with van der Waals surface area (Å²) in [6.07, 6.45) is 4.45. The van der Waals surface area contributed by atoms with Gasteiger partial charge in [-0.2, -0.15) is 0 Å². The van der Waals surface area contributed by atoms with Gasteiger partial charge in [-0.15, -0.1) is 0 Å². The summed E-state index contributed by atoms with van der Waals surface area (Å²) >= 11 is 0. The fraction of sp³-hybridized carbons (Fsp3) is 0.657. The molecule has 3 aliphatic heterocycles. The number of benzene rings is 1. The van der Waals surface area contributed by atoms with E-state index in [0.717, 1.165) is 93.4 Å². The Morgan fingerprint density at radius 1 is 1.14 bits per heavy atom. The third-order valence-corrected chi connectivity index (χ3v) is 9.33. The SMILES string of the molecule is Cc1nc(C)c(C(OC(C)(C)C)C(=O)O)c(N2CCC(C)(C)CC2)c1-c1ccc2c(c1)CCN(CC1CCCOC1)C2. The predicted octanol–water partition coefficient (Wildman–Crippen LogP) is 6.72. The molecule has 0 bridgehead atoms. The number of carboxylic acids is 1. The summed E-state index contributed by atoms with van der Waals surface area (Å²) in [6, 6.07) is 6.86. The topological polar surface area (TPSA) is 75.1 Å². The number of nitrogens with zero attached hydrogens (tertiary/aromatic N) is 3. The van der Waals surface area contributed by atoms with Crippen LogP contribution in [-0.2, 0) is 27.2 Å². The van der Waals surface area contributed by atoms with Crippen LogP contribution in [0.4, 0.5) is 5.69 Å². The minimum absolute atomic E-state index is 0.267. The lowest BCUT2D eigenvalue weighted by molar-refractivity contribution is -0.160. The van der Waals surface area contributed by atoms with Gasteiger partial charge in [0.05, 0.1) is 17.9 Å². The summed E-state index contributed by atoms with van der Waals surface area (Å²) in [6.45, 7) is 21.1. The maximum absolute atomic E-state index is 12.8. The highest BCUT2D eigenvalue weighted by molar-refractivity contribution is 5.88. The van der Waals surface area contributed by atoms with E-state index in [0.29, 0.717) is 11.5 Å². The highest BCUT2D eigenvalue weighted by atomic mass is 16.5. The van der Waals surface area contributed by atoms with Gasteiger partial charge in [0, 0.05) is 61.8 Å². The molecule has 230 valence electrons. The first-order valence-corrected chi connectivity index (χ1v) is 15.9.